The molecule has 136 valence electrons. The molecule has 0 radical (unpaired) electrons. The van der Waals surface area contributed by atoms with Crippen LogP contribution in [0.2, 0.25) is 0 Å². The SMILES string of the molecule is O=C(NCC1CC1)c1ccc(Oc2nccnc2N2CCCCC2)cc1. The van der Waals surface area contributed by atoms with Crippen molar-refractivity contribution < 1.29 is 9.53 Å². The summed E-state index contributed by atoms with van der Waals surface area (Å²) in [6, 6.07) is 7.18. The number of rotatable bonds is 6. The van der Waals surface area contributed by atoms with E-state index in [1.54, 1.807) is 36.7 Å². The Bertz CT molecular complexity index is 753. The molecule has 2 fully saturated rings. The van der Waals surface area contributed by atoms with Gasteiger partial charge < -0.3 is 15.0 Å². The molecule has 26 heavy (non-hydrogen) atoms. The summed E-state index contributed by atoms with van der Waals surface area (Å²) in [7, 11) is 0. The number of ether oxygens (including phenoxy) is 1. The van der Waals surface area contributed by atoms with Crippen LogP contribution in [-0.2, 0) is 0 Å². The van der Waals surface area contributed by atoms with Crippen molar-refractivity contribution in [3.05, 3.63) is 42.2 Å². The van der Waals surface area contributed by atoms with Gasteiger partial charge >= 0.3 is 0 Å². The number of anilines is 1. The van der Waals surface area contributed by atoms with Gasteiger partial charge in [-0.05, 0) is 62.3 Å². The van der Waals surface area contributed by atoms with Crippen molar-refractivity contribution in [3.63, 3.8) is 0 Å². The quantitative estimate of drug-likeness (QED) is 0.863. The lowest BCUT2D eigenvalue weighted by Crippen LogP contribution is -2.30. The van der Waals surface area contributed by atoms with E-state index in [0.717, 1.165) is 25.5 Å². The molecule has 1 aromatic heterocycles. The van der Waals surface area contributed by atoms with Gasteiger partial charge in [0.25, 0.3) is 11.8 Å². The van der Waals surface area contributed by atoms with Gasteiger partial charge in [-0.15, -0.1) is 0 Å². The number of nitrogens with zero attached hydrogens (tertiary/aromatic N) is 3. The van der Waals surface area contributed by atoms with Gasteiger partial charge in [-0.2, -0.15) is 0 Å². The zero-order valence-electron chi connectivity index (χ0n) is 14.9. The van der Waals surface area contributed by atoms with Crippen LogP contribution in [0, 0.1) is 5.92 Å². The van der Waals surface area contributed by atoms with E-state index >= 15 is 0 Å². The Morgan fingerprint density at radius 3 is 2.54 bits per heavy atom. The summed E-state index contributed by atoms with van der Waals surface area (Å²) in [5.74, 6) is 2.60. The molecule has 1 aliphatic carbocycles. The summed E-state index contributed by atoms with van der Waals surface area (Å²) in [4.78, 5) is 23.2. The second-order valence-corrected chi connectivity index (χ2v) is 7.01. The molecular weight excluding hydrogens is 328 g/mol. The lowest BCUT2D eigenvalue weighted by molar-refractivity contribution is 0.0952. The fourth-order valence-corrected chi connectivity index (χ4v) is 3.16. The van der Waals surface area contributed by atoms with Crippen molar-refractivity contribution in [2.45, 2.75) is 32.1 Å². The monoisotopic (exact) mass is 352 g/mol. The minimum Gasteiger partial charge on any atom is -0.436 e. The number of carbonyl (C=O) groups is 1. The molecule has 1 amide bonds. The maximum Gasteiger partial charge on any atom is 0.263 e. The first-order valence-corrected chi connectivity index (χ1v) is 9.42. The number of piperidine rings is 1. The lowest BCUT2D eigenvalue weighted by Gasteiger charge is -2.28. The zero-order valence-corrected chi connectivity index (χ0v) is 14.9. The molecule has 0 spiro atoms. The minimum absolute atomic E-state index is 0.0306. The first-order chi connectivity index (χ1) is 12.8. The number of benzene rings is 1. The Labute approximate surface area is 153 Å². The molecule has 0 bridgehead atoms. The van der Waals surface area contributed by atoms with Gasteiger partial charge in [0.2, 0.25) is 0 Å². The number of aromatic nitrogens is 2. The van der Waals surface area contributed by atoms with E-state index in [-0.39, 0.29) is 5.91 Å². The molecule has 1 aliphatic heterocycles. The minimum atomic E-state index is -0.0306. The maximum absolute atomic E-state index is 12.1. The Balaban J connectivity index is 1.43. The van der Waals surface area contributed by atoms with Crippen molar-refractivity contribution in [3.8, 4) is 11.6 Å². The number of amides is 1. The fourth-order valence-electron chi connectivity index (χ4n) is 3.16. The van der Waals surface area contributed by atoms with Crippen molar-refractivity contribution in [2.75, 3.05) is 24.5 Å². The summed E-state index contributed by atoms with van der Waals surface area (Å²) in [5.41, 5.74) is 0.647. The van der Waals surface area contributed by atoms with Crippen molar-refractivity contribution in [1.82, 2.24) is 15.3 Å². The van der Waals surface area contributed by atoms with Gasteiger partial charge in [-0.1, -0.05) is 0 Å². The highest BCUT2D eigenvalue weighted by atomic mass is 16.5. The van der Waals surface area contributed by atoms with E-state index in [1.807, 2.05) is 0 Å². The Morgan fingerprint density at radius 2 is 1.81 bits per heavy atom. The van der Waals surface area contributed by atoms with Gasteiger partial charge in [-0.3, -0.25) is 4.79 Å². The van der Waals surface area contributed by atoms with E-state index in [2.05, 4.69) is 20.2 Å². The van der Waals surface area contributed by atoms with Crippen LogP contribution in [0.15, 0.2) is 36.7 Å². The summed E-state index contributed by atoms with van der Waals surface area (Å²) in [6.45, 7) is 2.74. The third-order valence-electron chi connectivity index (χ3n) is 4.88. The molecule has 0 atom stereocenters. The molecule has 1 aromatic carbocycles. The number of hydrogen-bond acceptors (Lipinski definition) is 5. The van der Waals surface area contributed by atoms with E-state index < -0.39 is 0 Å². The third kappa shape index (κ3) is 4.12. The van der Waals surface area contributed by atoms with Crippen molar-refractivity contribution in [1.29, 1.82) is 0 Å². The standard InChI is InChI=1S/C20H24N4O2/c25-19(23-14-15-4-5-15)16-6-8-17(9-7-16)26-20-18(21-10-11-22-20)24-12-2-1-3-13-24/h6-11,15H,1-5,12-14H2,(H,23,25). The first kappa shape index (κ1) is 16.8. The number of carbonyl (C=O) groups excluding carboxylic acids is 1. The average molecular weight is 352 g/mol. The third-order valence-corrected chi connectivity index (χ3v) is 4.88. The molecule has 6 heteroatoms. The lowest BCUT2D eigenvalue weighted by atomic mass is 10.1. The van der Waals surface area contributed by atoms with E-state index in [4.69, 9.17) is 4.74 Å². The molecule has 4 rings (SSSR count). The summed E-state index contributed by atoms with van der Waals surface area (Å²) in [6.07, 6.45) is 9.39. The van der Waals surface area contributed by atoms with Gasteiger partial charge in [0, 0.05) is 37.6 Å². The van der Waals surface area contributed by atoms with E-state index in [1.165, 1.54) is 32.1 Å². The molecular formula is C20H24N4O2. The second-order valence-electron chi connectivity index (χ2n) is 7.01. The number of nitrogens with one attached hydrogen (secondary N) is 1. The predicted molar refractivity (Wildman–Crippen MR) is 99.7 cm³/mol. The second kappa shape index (κ2) is 7.72. The summed E-state index contributed by atoms with van der Waals surface area (Å²) in [5, 5.41) is 2.97. The summed E-state index contributed by atoms with van der Waals surface area (Å²) >= 11 is 0. The highest BCUT2D eigenvalue weighted by molar-refractivity contribution is 5.94. The van der Waals surface area contributed by atoms with Gasteiger partial charge in [0.1, 0.15) is 5.75 Å². The Hall–Kier alpha value is -2.63. The van der Waals surface area contributed by atoms with Gasteiger partial charge in [0.05, 0.1) is 0 Å². The largest absolute Gasteiger partial charge is 0.436 e. The maximum atomic E-state index is 12.1. The molecule has 1 saturated carbocycles. The Morgan fingerprint density at radius 1 is 1.08 bits per heavy atom. The molecule has 1 saturated heterocycles. The normalized spacial score (nSPS) is 17.0. The van der Waals surface area contributed by atoms with Gasteiger partial charge in [0.15, 0.2) is 5.82 Å². The topological polar surface area (TPSA) is 67.3 Å². The molecule has 2 aromatic rings. The Kier molecular flexibility index (Phi) is 5.00. The van der Waals surface area contributed by atoms with Crippen LogP contribution in [0.25, 0.3) is 0 Å². The molecule has 6 nitrogen and oxygen atoms in total. The molecule has 2 aliphatic rings. The van der Waals surface area contributed by atoms with E-state index in [9.17, 15) is 4.79 Å². The van der Waals surface area contributed by atoms with Crippen LogP contribution in [0.1, 0.15) is 42.5 Å². The van der Waals surface area contributed by atoms with Crippen LogP contribution in [0.5, 0.6) is 11.6 Å². The van der Waals surface area contributed by atoms with Crippen LogP contribution in [-0.4, -0.2) is 35.5 Å². The highest BCUT2D eigenvalue weighted by Gasteiger charge is 2.22. The zero-order chi connectivity index (χ0) is 17.8. The molecule has 0 unspecified atom stereocenters. The van der Waals surface area contributed by atoms with Crippen LogP contribution in [0.4, 0.5) is 5.82 Å². The molecule has 1 N–H and O–H groups in total. The van der Waals surface area contributed by atoms with Crippen molar-refractivity contribution in [2.24, 2.45) is 5.92 Å². The smallest absolute Gasteiger partial charge is 0.263 e. The van der Waals surface area contributed by atoms with Gasteiger partial charge in [-0.25, -0.2) is 9.97 Å². The van der Waals surface area contributed by atoms with E-state index in [0.29, 0.717) is 23.1 Å². The average Bonchev–Trinajstić information content (AvgIpc) is 3.52. The molecule has 2 heterocycles. The first-order valence-electron chi connectivity index (χ1n) is 9.42. The summed E-state index contributed by atoms with van der Waals surface area (Å²) < 4.78 is 5.96. The van der Waals surface area contributed by atoms with Crippen molar-refractivity contribution >= 4 is 11.7 Å². The fraction of sp³-hybridized carbons (Fsp3) is 0.450. The van der Waals surface area contributed by atoms with Crippen LogP contribution >= 0.6 is 0 Å². The highest BCUT2D eigenvalue weighted by Crippen LogP contribution is 2.30. The van der Waals surface area contributed by atoms with Crippen LogP contribution in [0.3, 0.4) is 0 Å². The predicted octanol–water partition coefficient (Wildman–Crippen LogP) is 3.40. The van der Waals surface area contributed by atoms with Crippen LogP contribution < -0.4 is 15.0 Å². The number of hydrogen-bond donors (Lipinski definition) is 1.